The van der Waals surface area contributed by atoms with Gasteiger partial charge in [-0.1, -0.05) is 13.3 Å². The highest BCUT2D eigenvalue weighted by molar-refractivity contribution is 5.53. The van der Waals surface area contributed by atoms with Crippen molar-refractivity contribution in [2.24, 2.45) is 0 Å². The summed E-state index contributed by atoms with van der Waals surface area (Å²) in [5.41, 5.74) is 0.834. The molecule has 0 atom stereocenters. The molecule has 2 aromatic rings. The Hall–Kier alpha value is -1.71. The molecule has 2 rings (SSSR count). The minimum Gasteiger partial charge on any atom is -0.263 e. The number of aryl methyl sites for hydroxylation is 1. The van der Waals surface area contributed by atoms with Gasteiger partial charge in [0.05, 0.1) is 0 Å². The first-order chi connectivity index (χ1) is 7.79. The third kappa shape index (κ3) is 2.45. The van der Waals surface area contributed by atoms with Gasteiger partial charge in [-0.2, -0.15) is 5.10 Å². The molecule has 3 nitrogen and oxygen atoms in total. The molecule has 0 spiro atoms. The zero-order valence-electron chi connectivity index (χ0n) is 9.20. The van der Waals surface area contributed by atoms with Crippen LogP contribution in [0.2, 0.25) is 0 Å². The fraction of sp³-hybridized carbons (Fsp3) is 0.333. The van der Waals surface area contributed by atoms with Crippen molar-refractivity contribution in [3.63, 3.8) is 0 Å². The van der Waals surface area contributed by atoms with Gasteiger partial charge in [-0.15, -0.1) is 0 Å². The molecule has 1 aromatic carbocycles. The van der Waals surface area contributed by atoms with Gasteiger partial charge in [-0.05, 0) is 30.7 Å². The summed E-state index contributed by atoms with van der Waals surface area (Å²) in [6.45, 7) is 2.14. The maximum atomic E-state index is 12.7. The Labute approximate surface area is 93.7 Å². The Morgan fingerprint density at radius 2 is 2.00 bits per heavy atom. The molecule has 0 unspecified atom stereocenters. The molecule has 4 heteroatoms. The molecule has 0 saturated carbocycles. The van der Waals surface area contributed by atoms with Gasteiger partial charge in [0, 0.05) is 12.0 Å². The predicted octanol–water partition coefficient (Wildman–Crippen LogP) is 2.95. The monoisotopic (exact) mass is 219 g/mol. The molecule has 0 radical (unpaired) electrons. The topological polar surface area (TPSA) is 41.6 Å². The molecular formula is C12H14FN3. The van der Waals surface area contributed by atoms with Crippen LogP contribution in [-0.4, -0.2) is 15.2 Å². The van der Waals surface area contributed by atoms with Crippen LogP contribution in [0.1, 0.15) is 25.6 Å². The number of nitrogens with zero attached hydrogens (tertiary/aromatic N) is 2. The number of benzene rings is 1. The molecule has 0 bridgehead atoms. The summed E-state index contributed by atoms with van der Waals surface area (Å²) in [6, 6.07) is 6.19. The molecule has 1 N–H and O–H groups in total. The predicted molar refractivity (Wildman–Crippen MR) is 60.4 cm³/mol. The van der Waals surface area contributed by atoms with Crippen molar-refractivity contribution >= 4 is 0 Å². The van der Waals surface area contributed by atoms with E-state index in [1.165, 1.54) is 12.1 Å². The fourth-order valence-electron chi connectivity index (χ4n) is 1.48. The largest absolute Gasteiger partial charge is 0.263 e. The molecule has 1 heterocycles. The Bertz CT molecular complexity index is 448. The van der Waals surface area contributed by atoms with E-state index in [0.29, 0.717) is 5.82 Å². The summed E-state index contributed by atoms with van der Waals surface area (Å²) in [4.78, 5) is 4.36. The maximum absolute atomic E-state index is 12.7. The number of rotatable bonds is 4. The SMILES string of the molecule is CCCCc1nc(-c2ccc(F)cc2)n[nH]1. The number of hydrogen-bond donors (Lipinski definition) is 1. The summed E-state index contributed by atoms with van der Waals surface area (Å²) in [5.74, 6) is 1.28. The van der Waals surface area contributed by atoms with E-state index in [-0.39, 0.29) is 5.82 Å². The van der Waals surface area contributed by atoms with E-state index in [1.54, 1.807) is 12.1 Å². The molecule has 1 aromatic heterocycles. The standard InChI is InChI=1S/C12H14FN3/c1-2-3-4-11-14-12(16-15-11)9-5-7-10(13)8-6-9/h5-8H,2-4H2,1H3,(H,14,15,16). The van der Waals surface area contributed by atoms with Crippen molar-refractivity contribution in [2.45, 2.75) is 26.2 Å². The highest BCUT2D eigenvalue weighted by atomic mass is 19.1. The molecule has 0 aliphatic carbocycles. The third-order valence-electron chi connectivity index (χ3n) is 2.40. The van der Waals surface area contributed by atoms with Gasteiger partial charge in [0.1, 0.15) is 11.6 Å². The Balaban J connectivity index is 2.15. The van der Waals surface area contributed by atoms with Crippen LogP contribution in [0.15, 0.2) is 24.3 Å². The smallest absolute Gasteiger partial charge is 0.181 e. The van der Waals surface area contributed by atoms with Crippen molar-refractivity contribution in [3.05, 3.63) is 35.9 Å². The van der Waals surface area contributed by atoms with E-state index in [9.17, 15) is 4.39 Å². The lowest BCUT2D eigenvalue weighted by molar-refractivity contribution is 0.628. The van der Waals surface area contributed by atoms with E-state index >= 15 is 0 Å². The lowest BCUT2D eigenvalue weighted by Crippen LogP contribution is -1.87. The van der Waals surface area contributed by atoms with Crippen molar-refractivity contribution in [2.75, 3.05) is 0 Å². The first kappa shape index (κ1) is 10.8. The summed E-state index contributed by atoms with van der Waals surface area (Å²) < 4.78 is 12.7. The fourth-order valence-corrected chi connectivity index (χ4v) is 1.48. The summed E-state index contributed by atoms with van der Waals surface area (Å²) in [5, 5.41) is 7.01. The van der Waals surface area contributed by atoms with Crippen LogP contribution in [0.5, 0.6) is 0 Å². The first-order valence-corrected chi connectivity index (χ1v) is 5.47. The molecule has 0 aliphatic rings. The lowest BCUT2D eigenvalue weighted by Gasteiger charge is -1.93. The minimum absolute atomic E-state index is 0.245. The first-order valence-electron chi connectivity index (χ1n) is 5.47. The number of H-pyrrole nitrogens is 1. The van der Waals surface area contributed by atoms with Crippen molar-refractivity contribution < 1.29 is 4.39 Å². The number of hydrogen-bond acceptors (Lipinski definition) is 2. The van der Waals surface area contributed by atoms with Crippen LogP contribution in [0.4, 0.5) is 4.39 Å². The summed E-state index contributed by atoms with van der Waals surface area (Å²) in [7, 11) is 0. The Morgan fingerprint density at radius 1 is 1.25 bits per heavy atom. The molecule has 16 heavy (non-hydrogen) atoms. The highest BCUT2D eigenvalue weighted by Gasteiger charge is 2.05. The molecule has 84 valence electrons. The second-order valence-electron chi connectivity index (χ2n) is 3.72. The van der Waals surface area contributed by atoms with Crippen LogP contribution in [0, 0.1) is 5.82 Å². The number of nitrogens with one attached hydrogen (secondary N) is 1. The van der Waals surface area contributed by atoms with E-state index < -0.39 is 0 Å². The van der Waals surface area contributed by atoms with Gasteiger partial charge in [-0.3, -0.25) is 5.10 Å². The van der Waals surface area contributed by atoms with Gasteiger partial charge in [-0.25, -0.2) is 9.37 Å². The second kappa shape index (κ2) is 4.88. The van der Waals surface area contributed by atoms with Crippen molar-refractivity contribution in [3.8, 4) is 11.4 Å². The van der Waals surface area contributed by atoms with E-state index in [4.69, 9.17) is 0 Å². The minimum atomic E-state index is -0.245. The van der Waals surface area contributed by atoms with Gasteiger partial charge in [0.15, 0.2) is 5.82 Å². The molecular weight excluding hydrogens is 205 g/mol. The number of halogens is 1. The quantitative estimate of drug-likeness (QED) is 0.858. The van der Waals surface area contributed by atoms with Crippen LogP contribution >= 0.6 is 0 Å². The normalized spacial score (nSPS) is 10.6. The average molecular weight is 219 g/mol. The lowest BCUT2D eigenvalue weighted by atomic mass is 10.2. The van der Waals surface area contributed by atoms with Gasteiger partial charge in [0.2, 0.25) is 0 Å². The van der Waals surface area contributed by atoms with Gasteiger partial charge in [0.25, 0.3) is 0 Å². The number of unbranched alkanes of at least 4 members (excludes halogenated alkanes) is 1. The molecule has 0 amide bonds. The zero-order valence-corrected chi connectivity index (χ0v) is 9.20. The van der Waals surface area contributed by atoms with Gasteiger partial charge < -0.3 is 0 Å². The van der Waals surface area contributed by atoms with Gasteiger partial charge >= 0.3 is 0 Å². The number of aromatic nitrogens is 3. The van der Waals surface area contributed by atoms with Crippen LogP contribution in [-0.2, 0) is 6.42 Å². The van der Waals surface area contributed by atoms with E-state index in [1.807, 2.05) is 0 Å². The second-order valence-corrected chi connectivity index (χ2v) is 3.72. The average Bonchev–Trinajstić information content (AvgIpc) is 2.76. The number of aromatic amines is 1. The third-order valence-corrected chi connectivity index (χ3v) is 2.40. The zero-order chi connectivity index (χ0) is 11.4. The summed E-state index contributed by atoms with van der Waals surface area (Å²) in [6.07, 6.45) is 3.13. The Kier molecular flexibility index (Phi) is 3.29. The molecule has 0 fully saturated rings. The summed E-state index contributed by atoms with van der Waals surface area (Å²) >= 11 is 0. The highest BCUT2D eigenvalue weighted by Crippen LogP contribution is 2.15. The van der Waals surface area contributed by atoms with Crippen LogP contribution in [0.25, 0.3) is 11.4 Å². The van der Waals surface area contributed by atoms with E-state index in [2.05, 4.69) is 22.1 Å². The van der Waals surface area contributed by atoms with Crippen molar-refractivity contribution in [1.29, 1.82) is 0 Å². The van der Waals surface area contributed by atoms with Crippen LogP contribution < -0.4 is 0 Å². The molecule has 0 saturated heterocycles. The Morgan fingerprint density at radius 3 is 2.69 bits per heavy atom. The van der Waals surface area contributed by atoms with Crippen molar-refractivity contribution in [1.82, 2.24) is 15.2 Å². The maximum Gasteiger partial charge on any atom is 0.181 e. The molecule has 0 aliphatic heterocycles. The van der Waals surface area contributed by atoms with E-state index in [0.717, 1.165) is 30.7 Å². The van der Waals surface area contributed by atoms with Crippen LogP contribution in [0.3, 0.4) is 0 Å².